The van der Waals surface area contributed by atoms with Crippen LogP contribution in [0.1, 0.15) is 41.6 Å². The van der Waals surface area contributed by atoms with E-state index in [1.165, 1.54) is 11.1 Å². The van der Waals surface area contributed by atoms with E-state index in [0.29, 0.717) is 24.4 Å². The van der Waals surface area contributed by atoms with E-state index in [2.05, 4.69) is 17.0 Å². The highest BCUT2D eigenvalue weighted by Crippen LogP contribution is 2.49. The third kappa shape index (κ3) is 2.72. The van der Waals surface area contributed by atoms with Gasteiger partial charge in [-0.2, -0.15) is 0 Å². The van der Waals surface area contributed by atoms with Crippen molar-refractivity contribution in [3.8, 4) is 17.2 Å². The van der Waals surface area contributed by atoms with Crippen LogP contribution in [0.5, 0.6) is 17.2 Å². The van der Waals surface area contributed by atoms with Crippen molar-refractivity contribution in [1.82, 2.24) is 4.90 Å². The molecule has 2 aromatic rings. The molecule has 2 atom stereocenters. The second kappa shape index (κ2) is 6.65. The molecule has 1 fully saturated rings. The highest BCUT2D eigenvalue weighted by molar-refractivity contribution is 5.81. The van der Waals surface area contributed by atoms with Crippen LogP contribution in [0.15, 0.2) is 36.4 Å². The summed E-state index contributed by atoms with van der Waals surface area (Å²) in [6, 6.07) is 12.3. The first-order valence-corrected chi connectivity index (χ1v) is 8.80. The molecule has 2 aliphatic heterocycles. The first kappa shape index (κ1) is 16.9. The normalized spacial score (nSPS) is 21.9. The number of fused-ring (bicyclic) bond motifs is 3. The van der Waals surface area contributed by atoms with E-state index in [0.717, 1.165) is 23.6 Å². The van der Waals surface area contributed by atoms with Crippen LogP contribution in [0, 0.1) is 0 Å². The maximum Gasteiger partial charge on any atom is 0.161 e. The van der Waals surface area contributed by atoms with E-state index in [-0.39, 0.29) is 12.1 Å². The number of hydrogen-bond acceptors (Lipinski definition) is 5. The third-order valence-corrected chi connectivity index (χ3v) is 5.50. The van der Waals surface area contributed by atoms with Gasteiger partial charge < -0.3 is 14.2 Å². The van der Waals surface area contributed by atoms with Gasteiger partial charge in [0.25, 0.3) is 0 Å². The number of carbonyl (C=O) groups is 1. The largest absolute Gasteiger partial charge is 0.497 e. The van der Waals surface area contributed by atoms with E-state index < -0.39 is 0 Å². The second-order valence-electron chi connectivity index (χ2n) is 6.83. The highest BCUT2D eigenvalue weighted by atomic mass is 16.5. The highest BCUT2D eigenvalue weighted by Gasteiger charge is 2.41. The number of ether oxygens (including phenoxy) is 3. The number of benzene rings is 2. The molecule has 0 saturated carbocycles. The minimum atomic E-state index is 0.0801. The third-order valence-electron chi connectivity index (χ3n) is 5.50. The summed E-state index contributed by atoms with van der Waals surface area (Å²) in [4.78, 5) is 14.9. The quantitative estimate of drug-likeness (QED) is 0.839. The minimum Gasteiger partial charge on any atom is -0.497 e. The molecule has 136 valence electrons. The van der Waals surface area contributed by atoms with Crippen LogP contribution in [0.2, 0.25) is 0 Å². The number of methoxy groups -OCH3 is 3. The zero-order chi connectivity index (χ0) is 18.3. The molecule has 0 unspecified atom stereocenters. The number of Topliss-reactive ketones (excluding diaryl/α,β-unsaturated/α-hetero) is 1. The Bertz CT molecular complexity index is 831. The van der Waals surface area contributed by atoms with E-state index in [9.17, 15) is 4.79 Å². The van der Waals surface area contributed by atoms with Crippen molar-refractivity contribution in [3.05, 3.63) is 53.1 Å². The summed E-state index contributed by atoms with van der Waals surface area (Å²) >= 11 is 0. The van der Waals surface area contributed by atoms with Crippen LogP contribution in [-0.2, 0) is 11.3 Å². The molecule has 0 spiro atoms. The Balaban J connectivity index is 1.71. The summed E-state index contributed by atoms with van der Waals surface area (Å²) in [6.45, 7) is 0.810. The Kier molecular flexibility index (Phi) is 4.32. The van der Waals surface area contributed by atoms with E-state index in [1.54, 1.807) is 21.3 Å². The Morgan fingerprint density at radius 3 is 2.19 bits per heavy atom. The van der Waals surface area contributed by atoms with Gasteiger partial charge in [-0.15, -0.1) is 0 Å². The minimum absolute atomic E-state index is 0.0801. The first-order chi connectivity index (χ1) is 12.6. The number of carbonyl (C=O) groups excluding carboxylic acids is 1. The van der Waals surface area contributed by atoms with Gasteiger partial charge in [0.05, 0.1) is 21.3 Å². The van der Waals surface area contributed by atoms with Crippen LogP contribution >= 0.6 is 0 Å². The average molecular weight is 353 g/mol. The number of hydrogen-bond donors (Lipinski definition) is 0. The van der Waals surface area contributed by atoms with Crippen LogP contribution in [0.4, 0.5) is 0 Å². The van der Waals surface area contributed by atoms with Crippen molar-refractivity contribution >= 4 is 5.78 Å². The van der Waals surface area contributed by atoms with Gasteiger partial charge in [0.1, 0.15) is 11.5 Å². The average Bonchev–Trinajstić information content (AvgIpc) is 3.03. The summed E-state index contributed by atoms with van der Waals surface area (Å²) in [5.41, 5.74) is 3.53. The van der Waals surface area contributed by atoms with Crippen molar-refractivity contribution in [1.29, 1.82) is 0 Å². The second-order valence-corrected chi connectivity index (χ2v) is 6.83. The maximum absolute atomic E-state index is 12.5. The number of rotatable bonds is 4. The van der Waals surface area contributed by atoms with Crippen LogP contribution in [0.25, 0.3) is 0 Å². The van der Waals surface area contributed by atoms with E-state index in [1.807, 2.05) is 24.3 Å². The van der Waals surface area contributed by atoms with Crippen molar-refractivity contribution in [2.75, 3.05) is 21.3 Å². The molecule has 0 radical (unpaired) electrons. The molecule has 0 N–H and O–H groups in total. The molecule has 5 heteroatoms. The van der Waals surface area contributed by atoms with Gasteiger partial charge >= 0.3 is 0 Å². The molecule has 2 aliphatic rings. The maximum atomic E-state index is 12.5. The number of nitrogens with zero attached hydrogens (tertiary/aromatic N) is 1. The predicted molar refractivity (Wildman–Crippen MR) is 97.8 cm³/mol. The van der Waals surface area contributed by atoms with Gasteiger partial charge in [0.2, 0.25) is 0 Å². The molecule has 5 nitrogen and oxygen atoms in total. The Hall–Kier alpha value is -2.53. The number of ketones is 1. The molecule has 4 rings (SSSR count). The van der Waals surface area contributed by atoms with Crippen molar-refractivity contribution in [2.45, 2.75) is 31.5 Å². The summed E-state index contributed by atoms with van der Waals surface area (Å²) in [5.74, 6) is 2.58. The molecule has 26 heavy (non-hydrogen) atoms. The molecule has 2 heterocycles. The van der Waals surface area contributed by atoms with Gasteiger partial charge in [-0.05, 0) is 41.0 Å². The monoisotopic (exact) mass is 353 g/mol. The Morgan fingerprint density at radius 2 is 1.54 bits per heavy atom. The first-order valence-electron chi connectivity index (χ1n) is 8.80. The summed E-state index contributed by atoms with van der Waals surface area (Å²) in [7, 11) is 4.95. The zero-order valence-corrected chi connectivity index (χ0v) is 15.3. The zero-order valence-electron chi connectivity index (χ0n) is 15.3. The fourth-order valence-corrected chi connectivity index (χ4v) is 4.19. The lowest BCUT2D eigenvalue weighted by Gasteiger charge is -2.37. The lowest BCUT2D eigenvalue weighted by Crippen LogP contribution is -2.35. The molecular formula is C21H23NO4. The standard InChI is InChI=1S/C21H23NO4/c1-24-16-6-4-13(5-7-16)18-9-15(23)10-19-17-11-21(26-3)20(25-2)8-14(17)12-22(18)19/h4-8,11,18-19H,9-10,12H2,1-3H3/t18-,19-/m0/s1. The molecule has 1 saturated heterocycles. The van der Waals surface area contributed by atoms with Crippen LogP contribution in [-0.4, -0.2) is 32.0 Å². The van der Waals surface area contributed by atoms with Crippen LogP contribution in [0.3, 0.4) is 0 Å². The van der Waals surface area contributed by atoms with Gasteiger partial charge in [-0.1, -0.05) is 12.1 Å². The van der Waals surface area contributed by atoms with Gasteiger partial charge in [0, 0.05) is 31.5 Å². The predicted octanol–water partition coefficient (Wildman–Crippen LogP) is 3.67. The lowest BCUT2D eigenvalue weighted by molar-refractivity contribution is -0.125. The van der Waals surface area contributed by atoms with Crippen LogP contribution < -0.4 is 14.2 Å². The Labute approximate surface area is 153 Å². The Morgan fingerprint density at radius 1 is 0.885 bits per heavy atom. The SMILES string of the molecule is COc1ccc([C@@H]2CC(=O)C[C@H]3c4cc(OC)c(OC)cc4CN23)cc1. The molecule has 0 amide bonds. The van der Waals surface area contributed by atoms with E-state index in [4.69, 9.17) is 14.2 Å². The van der Waals surface area contributed by atoms with Crippen molar-refractivity contribution in [2.24, 2.45) is 0 Å². The van der Waals surface area contributed by atoms with Crippen molar-refractivity contribution in [3.63, 3.8) is 0 Å². The molecular weight excluding hydrogens is 330 g/mol. The summed E-state index contributed by atoms with van der Waals surface area (Å²) in [6.07, 6.45) is 1.10. The molecule has 2 aromatic carbocycles. The smallest absolute Gasteiger partial charge is 0.161 e. The molecule has 0 aromatic heterocycles. The fourth-order valence-electron chi connectivity index (χ4n) is 4.19. The fraction of sp³-hybridized carbons (Fsp3) is 0.381. The van der Waals surface area contributed by atoms with Gasteiger partial charge in [-0.25, -0.2) is 0 Å². The number of piperidine rings is 1. The lowest BCUT2D eigenvalue weighted by atomic mass is 9.89. The molecule has 0 aliphatic carbocycles. The molecule has 0 bridgehead atoms. The van der Waals surface area contributed by atoms with Gasteiger partial charge in [-0.3, -0.25) is 9.69 Å². The van der Waals surface area contributed by atoms with E-state index >= 15 is 0 Å². The van der Waals surface area contributed by atoms with Gasteiger partial charge in [0.15, 0.2) is 11.5 Å². The summed E-state index contributed by atoms with van der Waals surface area (Å²) < 4.78 is 16.2. The summed E-state index contributed by atoms with van der Waals surface area (Å²) in [5, 5.41) is 0. The topological polar surface area (TPSA) is 48.0 Å². The van der Waals surface area contributed by atoms with Crippen molar-refractivity contribution < 1.29 is 19.0 Å².